The van der Waals surface area contributed by atoms with E-state index >= 15 is 0 Å². The molecule has 0 unspecified atom stereocenters. The highest BCUT2D eigenvalue weighted by molar-refractivity contribution is 9.10. The Morgan fingerprint density at radius 2 is 2.04 bits per heavy atom. The van der Waals surface area contributed by atoms with Crippen LogP contribution >= 0.6 is 15.9 Å². The SMILES string of the molecule is Cc1ccc(Br)nc1NC(=O)[C@@H]1[C@H]2CC[C@@H](C2)N1C(=O)OC(C)(C)C. The topological polar surface area (TPSA) is 71.5 Å². The molecule has 1 N–H and O–H groups in total. The number of ether oxygens (including phenoxy) is 1. The summed E-state index contributed by atoms with van der Waals surface area (Å²) in [4.78, 5) is 31.5. The summed E-state index contributed by atoms with van der Waals surface area (Å²) < 4.78 is 6.19. The maximum atomic E-state index is 12.9. The van der Waals surface area contributed by atoms with Gasteiger partial charge in [0.2, 0.25) is 5.91 Å². The molecule has 2 amide bonds. The van der Waals surface area contributed by atoms with Crippen molar-refractivity contribution in [2.75, 3.05) is 5.32 Å². The standard InChI is InChI=1S/C18H24BrN3O3/c1-10-5-8-13(19)20-15(10)21-16(23)14-11-6-7-12(9-11)22(14)17(24)25-18(2,3)4/h5,8,11-12,14H,6-7,9H2,1-4H3,(H,20,21,23)/t11-,12-,14-/m0/s1. The lowest BCUT2D eigenvalue weighted by molar-refractivity contribution is -0.122. The van der Waals surface area contributed by atoms with Crippen LogP contribution < -0.4 is 5.32 Å². The molecule has 1 aromatic rings. The number of likely N-dealkylation sites (tertiary alicyclic amines) is 1. The first kappa shape index (κ1) is 18.2. The van der Waals surface area contributed by atoms with Crippen LogP contribution in [0, 0.1) is 12.8 Å². The molecule has 1 saturated heterocycles. The highest BCUT2D eigenvalue weighted by Gasteiger charge is 2.52. The molecule has 1 aliphatic heterocycles. The van der Waals surface area contributed by atoms with Gasteiger partial charge in [0.05, 0.1) is 0 Å². The monoisotopic (exact) mass is 409 g/mol. The number of piperidine rings is 1. The average Bonchev–Trinajstić information content (AvgIpc) is 3.09. The number of amides is 2. The first-order chi connectivity index (χ1) is 11.7. The normalized spacial score (nSPS) is 25.2. The number of aromatic nitrogens is 1. The fourth-order valence-corrected chi connectivity index (χ4v) is 4.03. The van der Waals surface area contributed by atoms with Gasteiger partial charge in [-0.1, -0.05) is 6.07 Å². The number of nitrogens with zero attached hydrogens (tertiary/aromatic N) is 2. The van der Waals surface area contributed by atoms with E-state index < -0.39 is 17.7 Å². The zero-order valence-electron chi connectivity index (χ0n) is 15.0. The van der Waals surface area contributed by atoms with E-state index in [0.29, 0.717) is 10.4 Å². The summed E-state index contributed by atoms with van der Waals surface area (Å²) in [5, 5.41) is 2.90. The number of aryl methyl sites for hydroxylation is 1. The van der Waals surface area contributed by atoms with Gasteiger partial charge in [-0.3, -0.25) is 9.69 Å². The van der Waals surface area contributed by atoms with E-state index in [0.717, 1.165) is 24.8 Å². The van der Waals surface area contributed by atoms with Crippen molar-refractivity contribution in [3.63, 3.8) is 0 Å². The molecule has 2 heterocycles. The lowest BCUT2D eigenvalue weighted by Gasteiger charge is -2.35. The lowest BCUT2D eigenvalue weighted by Crippen LogP contribution is -2.52. The minimum atomic E-state index is -0.581. The number of rotatable bonds is 2. The summed E-state index contributed by atoms with van der Waals surface area (Å²) in [6, 6.07) is 3.32. The fourth-order valence-electron chi connectivity index (χ4n) is 3.73. The molecule has 1 aromatic heterocycles. The zero-order chi connectivity index (χ0) is 18.4. The van der Waals surface area contributed by atoms with Crippen LogP contribution in [-0.4, -0.2) is 39.6 Å². The number of pyridine rings is 1. The third-order valence-corrected chi connectivity index (χ3v) is 5.20. The van der Waals surface area contributed by atoms with Crippen LogP contribution in [0.3, 0.4) is 0 Å². The maximum Gasteiger partial charge on any atom is 0.411 e. The molecular weight excluding hydrogens is 386 g/mol. The van der Waals surface area contributed by atoms with E-state index in [2.05, 4.69) is 26.2 Å². The molecule has 0 radical (unpaired) electrons. The smallest absolute Gasteiger partial charge is 0.411 e. The van der Waals surface area contributed by atoms with E-state index in [1.54, 1.807) is 4.90 Å². The molecule has 3 atom stereocenters. The molecule has 7 heteroatoms. The predicted octanol–water partition coefficient (Wildman–Crippen LogP) is 3.88. The van der Waals surface area contributed by atoms with Gasteiger partial charge in [-0.2, -0.15) is 0 Å². The molecule has 136 valence electrons. The second-order valence-electron chi connectivity index (χ2n) is 7.85. The van der Waals surface area contributed by atoms with Gasteiger partial charge in [-0.05, 0) is 80.4 Å². The summed E-state index contributed by atoms with van der Waals surface area (Å²) >= 11 is 3.32. The van der Waals surface area contributed by atoms with Crippen molar-refractivity contribution in [1.82, 2.24) is 9.88 Å². The number of anilines is 1. The van der Waals surface area contributed by atoms with Gasteiger partial charge in [-0.25, -0.2) is 9.78 Å². The third kappa shape index (κ3) is 3.81. The molecule has 2 bridgehead atoms. The summed E-state index contributed by atoms with van der Waals surface area (Å²) in [5.74, 6) is 0.517. The van der Waals surface area contributed by atoms with Gasteiger partial charge >= 0.3 is 6.09 Å². The number of halogens is 1. The second kappa shape index (κ2) is 6.59. The summed E-state index contributed by atoms with van der Waals surface area (Å²) in [7, 11) is 0. The van der Waals surface area contributed by atoms with Crippen molar-refractivity contribution in [2.24, 2.45) is 5.92 Å². The van der Waals surface area contributed by atoms with Crippen molar-refractivity contribution in [2.45, 2.75) is 64.6 Å². The fraction of sp³-hybridized carbons (Fsp3) is 0.611. The van der Waals surface area contributed by atoms with Gasteiger partial charge in [0.25, 0.3) is 0 Å². The Morgan fingerprint density at radius 1 is 1.32 bits per heavy atom. The van der Waals surface area contributed by atoms with Gasteiger partial charge in [-0.15, -0.1) is 0 Å². The van der Waals surface area contributed by atoms with Crippen LogP contribution in [0.25, 0.3) is 0 Å². The van der Waals surface area contributed by atoms with Crippen LogP contribution in [0.15, 0.2) is 16.7 Å². The molecule has 2 aliphatic rings. The Hall–Kier alpha value is -1.63. The molecular formula is C18H24BrN3O3. The number of hydrogen-bond acceptors (Lipinski definition) is 4. The van der Waals surface area contributed by atoms with Crippen molar-refractivity contribution in [1.29, 1.82) is 0 Å². The summed E-state index contributed by atoms with van der Waals surface area (Å²) in [6.07, 6.45) is 2.36. The van der Waals surface area contributed by atoms with Crippen LogP contribution in [0.5, 0.6) is 0 Å². The molecule has 3 rings (SSSR count). The van der Waals surface area contributed by atoms with Gasteiger partial charge in [0.1, 0.15) is 22.1 Å². The molecule has 0 spiro atoms. The van der Waals surface area contributed by atoms with Crippen molar-refractivity contribution < 1.29 is 14.3 Å². The predicted molar refractivity (Wildman–Crippen MR) is 98.3 cm³/mol. The average molecular weight is 410 g/mol. The third-order valence-electron chi connectivity index (χ3n) is 4.76. The van der Waals surface area contributed by atoms with Gasteiger partial charge in [0.15, 0.2) is 0 Å². The van der Waals surface area contributed by atoms with Crippen molar-refractivity contribution >= 4 is 33.7 Å². The van der Waals surface area contributed by atoms with Gasteiger partial charge in [0, 0.05) is 6.04 Å². The Kier molecular flexibility index (Phi) is 4.79. The van der Waals surface area contributed by atoms with Gasteiger partial charge < -0.3 is 10.1 Å². The number of nitrogens with one attached hydrogen (secondary N) is 1. The van der Waals surface area contributed by atoms with E-state index in [1.807, 2.05) is 39.8 Å². The zero-order valence-corrected chi connectivity index (χ0v) is 16.6. The first-order valence-corrected chi connectivity index (χ1v) is 9.40. The Morgan fingerprint density at radius 3 is 2.72 bits per heavy atom. The highest BCUT2D eigenvalue weighted by atomic mass is 79.9. The van der Waals surface area contributed by atoms with E-state index in [4.69, 9.17) is 4.74 Å². The molecule has 1 aliphatic carbocycles. The summed E-state index contributed by atoms with van der Waals surface area (Å²) in [6.45, 7) is 7.40. The molecule has 2 fully saturated rings. The van der Waals surface area contributed by atoms with Crippen molar-refractivity contribution in [3.05, 3.63) is 22.3 Å². The molecule has 1 saturated carbocycles. The van der Waals surface area contributed by atoms with E-state index in [-0.39, 0.29) is 17.9 Å². The van der Waals surface area contributed by atoms with Crippen molar-refractivity contribution in [3.8, 4) is 0 Å². The number of carbonyl (C=O) groups excluding carboxylic acids is 2. The second-order valence-corrected chi connectivity index (χ2v) is 8.66. The minimum Gasteiger partial charge on any atom is -0.444 e. The number of carbonyl (C=O) groups is 2. The molecule has 25 heavy (non-hydrogen) atoms. The quantitative estimate of drug-likeness (QED) is 0.752. The number of hydrogen-bond donors (Lipinski definition) is 1. The minimum absolute atomic E-state index is 0.0900. The lowest BCUT2D eigenvalue weighted by atomic mass is 9.98. The highest BCUT2D eigenvalue weighted by Crippen LogP contribution is 2.43. The number of fused-ring (bicyclic) bond motifs is 2. The summed E-state index contributed by atoms with van der Waals surface area (Å²) in [5.41, 5.74) is 0.297. The maximum absolute atomic E-state index is 12.9. The van der Waals surface area contributed by atoms with Crippen LogP contribution in [-0.2, 0) is 9.53 Å². The van der Waals surface area contributed by atoms with Crippen LogP contribution in [0.1, 0.15) is 45.6 Å². The van der Waals surface area contributed by atoms with E-state index in [9.17, 15) is 9.59 Å². The first-order valence-electron chi connectivity index (χ1n) is 8.61. The Bertz CT molecular complexity index is 701. The largest absolute Gasteiger partial charge is 0.444 e. The molecule has 0 aromatic carbocycles. The van der Waals surface area contributed by atoms with E-state index in [1.165, 1.54) is 0 Å². The Balaban J connectivity index is 1.80. The molecule has 6 nitrogen and oxygen atoms in total. The van der Waals surface area contributed by atoms with Crippen LogP contribution in [0.2, 0.25) is 0 Å². The Labute approximate surface area is 156 Å². The van der Waals surface area contributed by atoms with Crippen LogP contribution in [0.4, 0.5) is 10.6 Å².